The summed E-state index contributed by atoms with van der Waals surface area (Å²) in [6.07, 6.45) is 3.79. The molecule has 8 heteroatoms. The monoisotopic (exact) mass is 426 g/mol. The second-order valence-corrected chi connectivity index (χ2v) is 6.46. The van der Waals surface area contributed by atoms with E-state index in [1.807, 2.05) is 25.1 Å². The first-order chi connectivity index (χ1) is 14.9. The number of para-hydroxylation sites is 1. The average Bonchev–Trinajstić information content (AvgIpc) is 2.77. The fourth-order valence-corrected chi connectivity index (χ4v) is 2.73. The molecule has 0 aliphatic carbocycles. The first-order valence-electron chi connectivity index (χ1n) is 9.67. The number of nitrogens with two attached hydrogens (primary N) is 1. The summed E-state index contributed by atoms with van der Waals surface area (Å²) in [6.45, 7) is 1.11. The van der Waals surface area contributed by atoms with E-state index in [-0.39, 0.29) is 19.6 Å². The van der Waals surface area contributed by atoms with E-state index in [1.165, 1.54) is 12.0 Å². The van der Waals surface area contributed by atoms with Gasteiger partial charge >= 0.3 is 5.97 Å². The van der Waals surface area contributed by atoms with Gasteiger partial charge in [0.15, 0.2) is 24.7 Å². The molecule has 2 amide bonds. The van der Waals surface area contributed by atoms with Crippen molar-refractivity contribution < 1.29 is 28.6 Å². The van der Waals surface area contributed by atoms with Crippen LogP contribution in [0.15, 0.2) is 54.6 Å². The fourth-order valence-electron chi connectivity index (χ4n) is 2.73. The molecule has 0 aliphatic heterocycles. The lowest BCUT2D eigenvalue weighted by molar-refractivity contribution is -0.149. The lowest BCUT2D eigenvalue weighted by Gasteiger charge is -2.22. The second kappa shape index (κ2) is 12.0. The maximum Gasteiger partial charge on any atom is 0.344 e. The Bertz CT molecular complexity index is 927. The van der Waals surface area contributed by atoms with Crippen molar-refractivity contribution in [3.8, 4) is 11.5 Å². The minimum atomic E-state index is -0.712. The van der Waals surface area contributed by atoms with Crippen molar-refractivity contribution in [1.82, 2.24) is 0 Å². The number of esters is 1. The number of anilines is 1. The predicted molar refractivity (Wildman–Crippen MR) is 117 cm³/mol. The van der Waals surface area contributed by atoms with Gasteiger partial charge in [0.1, 0.15) is 0 Å². The van der Waals surface area contributed by atoms with Gasteiger partial charge in [-0.05, 0) is 36.8 Å². The molecule has 2 aromatic carbocycles. The molecular formula is C23H26N2O6. The van der Waals surface area contributed by atoms with Crippen LogP contribution in [0.5, 0.6) is 11.5 Å². The molecule has 0 unspecified atom stereocenters. The van der Waals surface area contributed by atoms with E-state index in [4.69, 9.17) is 19.9 Å². The minimum absolute atomic E-state index is 0.0132. The van der Waals surface area contributed by atoms with Crippen LogP contribution in [-0.2, 0) is 19.1 Å². The van der Waals surface area contributed by atoms with Gasteiger partial charge in [-0.2, -0.15) is 0 Å². The summed E-state index contributed by atoms with van der Waals surface area (Å²) in [5, 5.41) is 0. The Morgan fingerprint density at radius 1 is 1.03 bits per heavy atom. The van der Waals surface area contributed by atoms with Crippen molar-refractivity contribution in [2.75, 3.05) is 31.8 Å². The summed E-state index contributed by atoms with van der Waals surface area (Å²) in [6, 6.07) is 14.0. The molecule has 0 saturated heterocycles. The van der Waals surface area contributed by atoms with Crippen LogP contribution in [0, 0.1) is 0 Å². The van der Waals surface area contributed by atoms with Gasteiger partial charge in [0.2, 0.25) is 5.91 Å². The van der Waals surface area contributed by atoms with Crippen LogP contribution in [0.2, 0.25) is 0 Å². The summed E-state index contributed by atoms with van der Waals surface area (Å²) < 4.78 is 15.8. The number of nitrogens with zero attached hydrogens (tertiary/aromatic N) is 1. The quantitative estimate of drug-likeness (QED) is 0.553. The standard InChI is InChI=1S/C23H26N2O6/c1-3-7-17-10-11-19(20(14-17)29-2)30-16-23(28)31-15-22(27)25(13-12-21(24)26)18-8-5-4-6-9-18/h3-11,14H,12-13,15-16H2,1-2H3,(H2,24,26)/b7-3+. The molecular weight excluding hydrogens is 400 g/mol. The van der Waals surface area contributed by atoms with Crippen molar-refractivity contribution in [1.29, 1.82) is 0 Å². The molecule has 0 radical (unpaired) electrons. The zero-order valence-electron chi connectivity index (χ0n) is 17.6. The molecule has 0 saturated carbocycles. The van der Waals surface area contributed by atoms with Gasteiger partial charge in [-0.3, -0.25) is 9.59 Å². The second-order valence-electron chi connectivity index (χ2n) is 6.46. The molecule has 0 bridgehead atoms. The van der Waals surface area contributed by atoms with Gasteiger partial charge in [-0.15, -0.1) is 0 Å². The van der Waals surface area contributed by atoms with E-state index in [2.05, 4.69) is 0 Å². The number of carbonyl (C=O) groups is 3. The first-order valence-corrected chi connectivity index (χ1v) is 9.67. The van der Waals surface area contributed by atoms with Gasteiger partial charge in [-0.1, -0.05) is 36.4 Å². The van der Waals surface area contributed by atoms with E-state index >= 15 is 0 Å². The highest BCUT2D eigenvalue weighted by molar-refractivity contribution is 5.95. The topological polar surface area (TPSA) is 108 Å². The van der Waals surface area contributed by atoms with Gasteiger partial charge in [0, 0.05) is 18.7 Å². The molecule has 0 spiro atoms. The Kier molecular flexibility index (Phi) is 9.10. The Morgan fingerprint density at radius 2 is 1.77 bits per heavy atom. The SMILES string of the molecule is C/C=C/c1ccc(OCC(=O)OCC(=O)N(CCC(N)=O)c2ccccc2)c(OC)c1. The first kappa shape index (κ1) is 23.5. The van der Waals surface area contributed by atoms with Gasteiger partial charge in [0.25, 0.3) is 5.91 Å². The van der Waals surface area contributed by atoms with Crippen molar-refractivity contribution in [3.05, 3.63) is 60.2 Å². The van der Waals surface area contributed by atoms with Gasteiger partial charge in [0.05, 0.1) is 7.11 Å². The Labute approximate surface area is 181 Å². The highest BCUT2D eigenvalue weighted by Gasteiger charge is 2.18. The predicted octanol–water partition coefficient (Wildman–Crippen LogP) is 2.56. The van der Waals surface area contributed by atoms with E-state index in [1.54, 1.807) is 42.5 Å². The van der Waals surface area contributed by atoms with Crippen LogP contribution in [0.25, 0.3) is 6.08 Å². The third-order valence-electron chi connectivity index (χ3n) is 4.20. The maximum absolute atomic E-state index is 12.6. The van der Waals surface area contributed by atoms with E-state index in [0.717, 1.165) is 5.56 Å². The Hall–Kier alpha value is -3.81. The zero-order chi connectivity index (χ0) is 22.6. The zero-order valence-corrected chi connectivity index (χ0v) is 17.6. The Balaban J connectivity index is 1.93. The third-order valence-corrected chi connectivity index (χ3v) is 4.20. The number of hydrogen-bond acceptors (Lipinski definition) is 6. The van der Waals surface area contributed by atoms with E-state index in [0.29, 0.717) is 17.2 Å². The average molecular weight is 426 g/mol. The molecule has 2 rings (SSSR count). The number of ether oxygens (including phenoxy) is 3. The summed E-state index contributed by atoms with van der Waals surface area (Å²) in [7, 11) is 1.50. The molecule has 0 aromatic heterocycles. The molecule has 0 atom stereocenters. The molecule has 0 heterocycles. The number of primary amides is 1. The van der Waals surface area contributed by atoms with Crippen LogP contribution < -0.4 is 20.1 Å². The number of benzene rings is 2. The van der Waals surface area contributed by atoms with Crippen LogP contribution in [0.3, 0.4) is 0 Å². The van der Waals surface area contributed by atoms with E-state index in [9.17, 15) is 14.4 Å². The molecule has 2 aromatic rings. The van der Waals surface area contributed by atoms with Crippen LogP contribution in [-0.4, -0.2) is 44.7 Å². The number of rotatable bonds is 11. The lowest BCUT2D eigenvalue weighted by atomic mass is 10.2. The number of allylic oxidation sites excluding steroid dienone is 1. The summed E-state index contributed by atoms with van der Waals surface area (Å²) in [5.41, 5.74) is 6.70. The van der Waals surface area contributed by atoms with E-state index < -0.39 is 24.4 Å². The van der Waals surface area contributed by atoms with Crippen molar-refractivity contribution in [2.24, 2.45) is 5.73 Å². The maximum atomic E-state index is 12.6. The smallest absolute Gasteiger partial charge is 0.344 e. The van der Waals surface area contributed by atoms with Crippen molar-refractivity contribution >= 4 is 29.5 Å². The van der Waals surface area contributed by atoms with Crippen LogP contribution in [0.4, 0.5) is 5.69 Å². The number of amides is 2. The highest BCUT2D eigenvalue weighted by atomic mass is 16.6. The van der Waals surface area contributed by atoms with Crippen molar-refractivity contribution in [2.45, 2.75) is 13.3 Å². The van der Waals surface area contributed by atoms with Crippen molar-refractivity contribution in [3.63, 3.8) is 0 Å². The minimum Gasteiger partial charge on any atom is -0.493 e. The molecule has 2 N–H and O–H groups in total. The number of methoxy groups -OCH3 is 1. The normalized spacial score (nSPS) is 10.5. The van der Waals surface area contributed by atoms with Crippen LogP contribution >= 0.6 is 0 Å². The summed E-state index contributed by atoms with van der Waals surface area (Å²) in [4.78, 5) is 37.1. The fraction of sp³-hybridized carbons (Fsp3) is 0.261. The third kappa shape index (κ3) is 7.50. The molecule has 0 aliphatic rings. The largest absolute Gasteiger partial charge is 0.493 e. The summed E-state index contributed by atoms with van der Waals surface area (Å²) >= 11 is 0. The lowest BCUT2D eigenvalue weighted by Crippen LogP contribution is -2.37. The summed E-state index contributed by atoms with van der Waals surface area (Å²) in [5.74, 6) is -0.869. The number of hydrogen-bond donors (Lipinski definition) is 1. The molecule has 0 fully saturated rings. The van der Waals surface area contributed by atoms with Crippen LogP contribution in [0.1, 0.15) is 18.9 Å². The molecule has 8 nitrogen and oxygen atoms in total. The molecule has 164 valence electrons. The van der Waals surface area contributed by atoms with Gasteiger partial charge < -0.3 is 24.8 Å². The van der Waals surface area contributed by atoms with Gasteiger partial charge in [-0.25, -0.2) is 4.79 Å². The molecule has 31 heavy (non-hydrogen) atoms. The highest BCUT2D eigenvalue weighted by Crippen LogP contribution is 2.28. The Morgan fingerprint density at radius 3 is 2.42 bits per heavy atom. The number of carbonyl (C=O) groups excluding carboxylic acids is 3.